The van der Waals surface area contributed by atoms with Crippen molar-refractivity contribution in [1.29, 1.82) is 0 Å². The van der Waals surface area contributed by atoms with E-state index in [-0.39, 0.29) is 5.11 Å². The first-order chi connectivity index (χ1) is 7.13. The topological polar surface area (TPSA) is 50.4 Å². The molecule has 1 rings (SSSR count). The highest BCUT2D eigenvalue weighted by Gasteiger charge is 1.98. The molecule has 0 aromatic heterocycles. The van der Waals surface area contributed by atoms with Crippen molar-refractivity contribution in [3.63, 3.8) is 0 Å². The smallest absolute Gasteiger partial charge is 0.184 e. The van der Waals surface area contributed by atoms with Crippen LogP contribution in [0.3, 0.4) is 0 Å². The third kappa shape index (κ3) is 3.85. The van der Waals surface area contributed by atoms with Crippen LogP contribution in [0.4, 0.5) is 0 Å². The monoisotopic (exact) mass is 241 g/mol. The Kier molecular flexibility index (Phi) is 4.52. The van der Waals surface area contributed by atoms with E-state index < -0.39 is 0 Å². The van der Waals surface area contributed by atoms with Crippen LogP contribution in [0.1, 0.15) is 18.1 Å². The lowest BCUT2D eigenvalue weighted by Gasteiger charge is -2.01. The zero-order valence-corrected chi connectivity index (χ0v) is 9.90. The first-order valence-corrected chi connectivity index (χ1v) is 5.29. The van der Waals surface area contributed by atoms with Crippen molar-refractivity contribution in [2.75, 3.05) is 0 Å². The standard InChI is InChI=1S/C10H12ClN3S/c1-2-8-5-7(3-4-9(8)11)6-13-14-10(12)15/h3-6H,2H2,1H3,(H3,12,14,15). The molecule has 0 aliphatic heterocycles. The van der Waals surface area contributed by atoms with Gasteiger partial charge in [0.2, 0.25) is 0 Å². The molecule has 1 aromatic carbocycles. The molecule has 0 spiro atoms. The maximum Gasteiger partial charge on any atom is 0.184 e. The molecule has 0 fully saturated rings. The Morgan fingerprint density at radius 3 is 3.00 bits per heavy atom. The van der Waals surface area contributed by atoms with Crippen molar-refractivity contribution >= 4 is 35.1 Å². The van der Waals surface area contributed by atoms with Crippen molar-refractivity contribution in [3.8, 4) is 0 Å². The van der Waals surface area contributed by atoms with E-state index in [1.165, 1.54) is 0 Å². The number of nitrogens with zero attached hydrogens (tertiary/aromatic N) is 1. The van der Waals surface area contributed by atoms with Crippen LogP contribution in [0.2, 0.25) is 5.02 Å². The Morgan fingerprint density at radius 2 is 2.40 bits per heavy atom. The summed E-state index contributed by atoms with van der Waals surface area (Å²) >= 11 is 10.6. The molecule has 0 heterocycles. The van der Waals surface area contributed by atoms with Crippen LogP contribution in [-0.2, 0) is 6.42 Å². The molecular formula is C10H12ClN3S. The van der Waals surface area contributed by atoms with Crippen LogP contribution < -0.4 is 11.2 Å². The highest BCUT2D eigenvalue weighted by molar-refractivity contribution is 7.80. The van der Waals surface area contributed by atoms with Crippen LogP contribution in [0, 0.1) is 0 Å². The third-order valence-electron chi connectivity index (χ3n) is 1.84. The van der Waals surface area contributed by atoms with E-state index >= 15 is 0 Å². The maximum absolute atomic E-state index is 5.98. The fourth-order valence-corrected chi connectivity index (χ4v) is 1.42. The molecule has 0 saturated heterocycles. The Bertz CT molecular complexity index is 390. The quantitative estimate of drug-likeness (QED) is 0.484. The van der Waals surface area contributed by atoms with Gasteiger partial charge in [0.15, 0.2) is 5.11 Å². The Balaban J connectivity index is 2.78. The second-order valence-corrected chi connectivity index (χ2v) is 3.79. The van der Waals surface area contributed by atoms with E-state index in [0.29, 0.717) is 0 Å². The van der Waals surface area contributed by atoms with Gasteiger partial charge in [-0.2, -0.15) is 5.10 Å². The summed E-state index contributed by atoms with van der Waals surface area (Å²) in [5, 5.41) is 4.79. The normalized spacial score (nSPS) is 10.5. The second kappa shape index (κ2) is 5.68. The van der Waals surface area contributed by atoms with Crippen LogP contribution in [0.5, 0.6) is 0 Å². The van der Waals surface area contributed by atoms with Gasteiger partial charge in [-0.1, -0.05) is 24.6 Å². The zero-order valence-electron chi connectivity index (χ0n) is 8.33. The summed E-state index contributed by atoms with van der Waals surface area (Å²) in [6.45, 7) is 2.05. The molecule has 0 radical (unpaired) electrons. The average Bonchev–Trinajstić information content (AvgIpc) is 2.20. The summed E-state index contributed by atoms with van der Waals surface area (Å²) in [5.41, 5.74) is 9.77. The zero-order chi connectivity index (χ0) is 11.3. The molecule has 0 saturated carbocycles. The molecule has 0 aliphatic carbocycles. The Hall–Kier alpha value is -1.13. The van der Waals surface area contributed by atoms with Crippen molar-refractivity contribution < 1.29 is 0 Å². The number of hydrogen-bond donors (Lipinski definition) is 2. The maximum atomic E-state index is 5.98. The predicted molar refractivity (Wildman–Crippen MR) is 68.3 cm³/mol. The first kappa shape index (κ1) is 11.9. The summed E-state index contributed by atoms with van der Waals surface area (Å²) in [5.74, 6) is 0. The second-order valence-electron chi connectivity index (χ2n) is 2.94. The molecule has 0 atom stereocenters. The number of thiocarbonyl (C=S) groups is 1. The summed E-state index contributed by atoms with van der Waals surface area (Å²) in [4.78, 5) is 0. The number of nitrogens with one attached hydrogen (secondary N) is 1. The summed E-state index contributed by atoms with van der Waals surface area (Å²) in [6, 6.07) is 5.71. The molecule has 0 aliphatic rings. The minimum absolute atomic E-state index is 0.149. The van der Waals surface area contributed by atoms with Gasteiger partial charge in [0.1, 0.15) is 0 Å². The van der Waals surface area contributed by atoms with E-state index in [1.807, 2.05) is 18.2 Å². The summed E-state index contributed by atoms with van der Waals surface area (Å²) < 4.78 is 0. The average molecular weight is 242 g/mol. The minimum Gasteiger partial charge on any atom is -0.375 e. The number of nitrogens with two attached hydrogens (primary N) is 1. The first-order valence-electron chi connectivity index (χ1n) is 4.50. The van der Waals surface area contributed by atoms with Gasteiger partial charge < -0.3 is 5.73 Å². The van der Waals surface area contributed by atoms with E-state index in [1.54, 1.807) is 6.21 Å². The van der Waals surface area contributed by atoms with Gasteiger partial charge in [-0.25, -0.2) is 0 Å². The SMILES string of the molecule is CCc1cc(C=NNC(N)=S)ccc1Cl. The van der Waals surface area contributed by atoms with Gasteiger partial charge in [0.25, 0.3) is 0 Å². The van der Waals surface area contributed by atoms with Gasteiger partial charge in [-0.05, 0) is 41.9 Å². The van der Waals surface area contributed by atoms with Gasteiger partial charge in [-0.3, -0.25) is 5.43 Å². The molecule has 15 heavy (non-hydrogen) atoms. The van der Waals surface area contributed by atoms with E-state index in [4.69, 9.17) is 17.3 Å². The van der Waals surface area contributed by atoms with Gasteiger partial charge in [0.05, 0.1) is 6.21 Å². The van der Waals surface area contributed by atoms with Crippen molar-refractivity contribution in [2.24, 2.45) is 10.8 Å². The number of aryl methyl sites for hydroxylation is 1. The minimum atomic E-state index is 0.149. The lowest BCUT2D eigenvalue weighted by Crippen LogP contribution is -2.23. The van der Waals surface area contributed by atoms with Crippen LogP contribution in [-0.4, -0.2) is 11.3 Å². The van der Waals surface area contributed by atoms with Gasteiger partial charge in [0, 0.05) is 5.02 Å². The summed E-state index contributed by atoms with van der Waals surface area (Å²) in [6.07, 6.45) is 2.54. The molecule has 0 bridgehead atoms. The highest BCUT2D eigenvalue weighted by Crippen LogP contribution is 2.17. The molecule has 0 unspecified atom stereocenters. The third-order valence-corrected chi connectivity index (χ3v) is 2.30. The summed E-state index contributed by atoms with van der Waals surface area (Å²) in [7, 11) is 0. The van der Waals surface area contributed by atoms with Crippen molar-refractivity contribution in [3.05, 3.63) is 34.3 Å². The molecule has 5 heteroatoms. The number of rotatable bonds is 3. The Labute approximate surface area is 99.3 Å². The van der Waals surface area contributed by atoms with Gasteiger partial charge >= 0.3 is 0 Å². The largest absolute Gasteiger partial charge is 0.375 e. The number of halogens is 1. The van der Waals surface area contributed by atoms with Crippen molar-refractivity contribution in [2.45, 2.75) is 13.3 Å². The fraction of sp³-hybridized carbons (Fsp3) is 0.200. The lowest BCUT2D eigenvalue weighted by atomic mass is 10.1. The van der Waals surface area contributed by atoms with Crippen LogP contribution in [0.25, 0.3) is 0 Å². The highest BCUT2D eigenvalue weighted by atomic mass is 35.5. The van der Waals surface area contributed by atoms with E-state index in [2.05, 4.69) is 29.7 Å². The van der Waals surface area contributed by atoms with Crippen LogP contribution >= 0.6 is 23.8 Å². The van der Waals surface area contributed by atoms with E-state index in [9.17, 15) is 0 Å². The Morgan fingerprint density at radius 1 is 1.67 bits per heavy atom. The predicted octanol–water partition coefficient (Wildman–Crippen LogP) is 2.07. The van der Waals surface area contributed by atoms with E-state index in [0.717, 1.165) is 22.6 Å². The molecule has 3 N–H and O–H groups in total. The number of benzene rings is 1. The molecule has 0 amide bonds. The molecule has 80 valence electrons. The molecule has 1 aromatic rings. The van der Waals surface area contributed by atoms with Crippen LogP contribution in [0.15, 0.2) is 23.3 Å². The van der Waals surface area contributed by atoms with Gasteiger partial charge in [-0.15, -0.1) is 0 Å². The van der Waals surface area contributed by atoms with Crippen molar-refractivity contribution in [1.82, 2.24) is 5.43 Å². The number of hydrazone groups is 1. The lowest BCUT2D eigenvalue weighted by molar-refractivity contribution is 1.04. The fourth-order valence-electron chi connectivity index (χ4n) is 1.12. The number of hydrogen-bond acceptors (Lipinski definition) is 2. The molecule has 3 nitrogen and oxygen atoms in total. The molecular weight excluding hydrogens is 230 g/mol.